The van der Waals surface area contributed by atoms with Crippen molar-refractivity contribution in [3.05, 3.63) is 65.2 Å². The predicted octanol–water partition coefficient (Wildman–Crippen LogP) is 2.67. The number of hydrogen-bond acceptors (Lipinski definition) is 4. The second-order valence-corrected chi connectivity index (χ2v) is 10.6. The van der Waals surface area contributed by atoms with Crippen LogP contribution in [0.4, 0.5) is 0 Å². The van der Waals surface area contributed by atoms with Crippen LogP contribution in [0.2, 0.25) is 0 Å². The quantitative estimate of drug-likeness (QED) is 0.653. The molecule has 168 valence electrons. The summed E-state index contributed by atoms with van der Waals surface area (Å²) in [4.78, 5) is 24.6. The number of nitrogens with zero attached hydrogens (tertiary/aromatic N) is 1. The van der Waals surface area contributed by atoms with Crippen molar-refractivity contribution in [3.63, 3.8) is 0 Å². The largest absolute Gasteiger partial charge is 0.352 e. The fourth-order valence-electron chi connectivity index (χ4n) is 2.89. The summed E-state index contributed by atoms with van der Waals surface area (Å²) in [5.41, 5.74) is 2.20. The molecule has 0 heterocycles. The summed E-state index contributed by atoms with van der Waals surface area (Å²) in [7, 11) is -0.677. The van der Waals surface area contributed by atoms with Crippen LogP contribution in [0.5, 0.6) is 0 Å². The Morgan fingerprint density at radius 2 is 1.55 bits per heavy atom. The van der Waals surface area contributed by atoms with Crippen LogP contribution in [0.25, 0.3) is 0 Å². The first kappa shape index (κ1) is 24.6. The van der Waals surface area contributed by atoms with Crippen molar-refractivity contribution in [2.24, 2.45) is 0 Å². The predicted molar refractivity (Wildman–Crippen MR) is 121 cm³/mol. The van der Waals surface area contributed by atoms with Gasteiger partial charge in [0.1, 0.15) is 0 Å². The molecule has 0 aliphatic rings. The van der Waals surface area contributed by atoms with Crippen LogP contribution in [0, 0.1) is 0 Å². The number of amides is 2. The van der Waals surface area contributed by atoms with Crippen LogP contribution >= 0.6 is 0 Å². The molecule has 0 atom stereocenters. The van der Waals surface area contributed by atoms with Gasteiger partial charge in [-0.2, -0.15) is 0 Å². The first-order chi connectivity index (χ1) is 14.4. The van der Waals surface area contributed by atoms with E-state index in [4.69, 9.17) is 0 Å². The third kappa shape index (κ3) is 6.63. The number of carbonyl (C=O) groups excluding carboxylic acids is 2. The third-order valence-electron chi connectivity index (χ3n) is 4.86. The van der Waals surface area contributed by atoms with Crippen LogP contribution in [-0.2, 0) is 26.8 Å². The van der Waals surface area contributed by atoms with Crippen molar-refractivity contribution < 1.29 is 18.0 Å². The zero-order valence-electron chi connectivity index (χ0n) is 18.7. The van der Waals surface area contributed by atoms with Gasteiger partial charge >= 0.3 is 0 Å². The molecule has 0 unspecified atom stereocenters. The highest BCUT2D eigenvalue weighted by Gasteiger charge is 2.21. The first-order valence-corrected chi connectivity index (χ1v) is 11.5. The van der Waals surface area contributed by atoms with E-state index in [2.05, 4.69) is 31.4 Å². The molecule has 0 aliphatic carbocycles. The first-order valence-electron chi connectivity index (χ1n) is 10.1. The molecule has 2 aromatic carbocycles. The zero-order valence-corrected chi connectivity index (χ0v) is 19.5. The van der Waals surface area contributed by atoms with Crippen molar-refractivity contribution in [1.82, 2.24) is 14.9 Å². The van der Waals surface area contributed by atoms with Crippen LogP contribution in [0.15, 0.2) is 53.4 Å². The van der Waals surface area contributed by atoms with Crippen LogP contribution in [0.3, 0.4) is 0 Å². The van der Waals surface area contributed by atoms with E-state index in [1.165, 1.54) is 20.2 Å². The Kier molecular flexibility index (Phi) is 7.97. The lowest BCUT2D eigenvalue weighted by Gasteiger charge is -2.19. The second-order valence-electron chi connectivity index (χ2n) is 8.51. The molecule has 0 bridgehead atoms. The number of rotatable bonds is 8. The van der Waals surface area contributed by atoms with Gasteiger partial charge in [0.2, 0.25) is 15.9 Å². The zero-order chi connectivity index (χ0) is 23.2. The summed E-state index contributed by atoms with van der Waals surface area (Å²) < 4.78 is 26.0. The molecule has 0 aliphatic heterocycles. The van der Waals surface area contributed by atoms with Gasteiger partial charge in [-0.25, -0.2) is 12.7 Å². The van der Waals surface area contributed by atoms with Crippen molar-refractivity contribution in [1.29, 1.82) is 0 Å². The highest BCUT2D eigenvalue weighted by molar-refractivity contribution is 7.89. The lowest BCUT2D eigenvalue weighted by Crippen LogP contribution is -2.31. The molecule has 7 nitrogen and oxygen atoms in total. The van der Waals surface area contributed by atoms with Gasteiger partial charge in [0.15, 0.2) is 0 Å². The average molecular weight is 446 g/mol. The van der Waals surface area contributed by atoms with Crippen LogP contribution < -0.4 is 10.6 Å². The van der Waals surface area contributed by atoms with Crippen molar-refractivity contribution in [3.8, 4) is 0 Å². The molecule has 0 fully saturated rings. The van der Waals surface area contributed by atoms with Crippen molar-refractivity contribution in [2.45, 2.75) is 44.0 Å². The molecule has 8 heteroatoms. The van der Waals surface area contributed by atoms with Gasteiger partial charge in [-0.15, -0.1) is 0 Å². The van der Waals surface area contributed by atoms with E-state index in [0.29, 0.717) is 11.1 Å². The fourth-order valence-corrected chi connectivity index (χ4v) is 4.01. The molecule has 0 saturated carbocycles. The lowest BCUT2D eigenvalue weighted by atomic mass is 9.87. The number of benzene rings is 2. The van der Waals surface area contributed by atoms with E-state index in [1.54, 1.807) is 30.3 Å². The second kappa shape index (κ2) is 10.1. The SMILES string of the molecule is CN(C)S(=O)(=O)c1ccccc1CNC(=O)CCNC(=O)c1ccc(C(C)(C)C)cc1. The van der Waals surface area contributed by atoms with E-state index in [9.17, 15) is 18.0 Å². The third-order valence-corrected chi connectivity index (χ3v) is 6.77. The van der Waals surface area contributed by atoms with Gasteiger partial charge in [0.05, 0.1) is 4.90 Å². The molecule has 2 rings (SSSR count). The van der Waals surface area contributed by atoms with E-state index >= 15 is 0 Å². The Morgan fingerprint density at radius 1 is 0.935 bits per heavy atom. The Morgan fingerprint density at radius 3 is 2.13 bits per heavy atom. The van der Waals surface area contributed by atoms with Crippen LogP contribution in [0.1, 0.15) is 48.7 Å². The van der Waals surface area contributed by atoms with Crippen LogP contribution in [-0.4, -0.2) is 45.2 Å². The van der Waals surface area contributed by atoms with Gasteiger partial charge in [-0.05, 0) is 34.7 Å². The number of sulfonamides is 1. The maximum absolute atomic E-state index is 12.4. The van der Waals surface area contributed by atoms with E-state index in [0.717, 1.165) is 9.87 Å². The summed E-state index contributed by atoms with van der Waals surface area (Å²) in [6, 6.07) is 14.0. The normalized spacial score (nSPS) is 11.9. The number of hydrogen-bond donors (Lipinski definition) is 2. The monoisotopic (exact) mass is 445 g/mol. The van der Waals surface area contributed by atoms with Gasteiger partial charge in [0.25, 0.3) is 5.91 Å². The Hall–Kier alpha value is -2.71. The molecule has 2 N–H and O–H groups in total. The summed E-state index contributed by atoms with van der Waals surface area (Å²) in [5, 5.41) is 5.45. The molecular formula is C23H31N3O4S. The number of carbonyl (C=O) groups is 2. The Labute approximate surface area is 184 Å². The van der Waals surface area contributed by atoms with Gasteiger partial charge in [-0.1, -0.05) is 51.1 Å². The molecule has 0 spiro atoms. The average Bonchev–Trinajstić information content (AvgIpc) is 2.71. The van der Waals surface area contributed by atoms with E-state index in [-0.39, 0.29) is 41.6 Å². The minimum Gasteiger partial charge on any atom is -0.352 e. The maximum Gasteiger partial charge on any atom is 0.251 e. The lowest BCUT2D eigenvalue weighted by molar-refractivity contribution is -0.121. The minimum atomic E-state index is -3.60. The van der Waals surface area contributed by atoms with Gasteiger partial charge < -0.3 is 10.6 Å². The highest BCUT2D eigenvalue weighted by atomic mass is 32.2. The number of nitrogens with one attached hydrogen (secondary N) is 2. The molecule has 2 aromatic rings. The van der Waals surface area contributed by atoms with E-state index in [1.807, 2.05) is 12.1 Å². The molecule has 0 saturated heterocycles. The topological polar surface area (TPSA) is 95.6 Å². The summed E-state index contributed by atoms with van der Waals surface area (Å²) >= 11 is 0. The minimum absolute atomic E-state index is 0.0115. The smallest absolute Gasteiger partial charge is 0.251 e. The Bertz CT molecular complexity index is 1020. The molecule has 0 radical (unpaired) electrons. The van der Waals surface area contributed by atoms with E-state index < -0.39 is 10.0 Å². The molecule has 0 aromatic heterocycles. The highest BCUT2D eigenvalue weighted by Crippen LogP contribution is 2.22. The summed E-state index contributed by atoms with van der Waals surface area (Å²) in [5.74, 6) is -0.517. The summed E-state index contributed by atoms with van der Waals surface area (Å²) in [6.07, 6.45) is 0.0917. The fraction of sp³-hybridized carbons (Fsp3) is 0.391. The maximum atomic E-state index is 12.4. The molecule has 2 amide bonds. The van der Waals surface area contributed by atoms with Crippen molar-refractivity contribution >= 4 is 21.8 Å². The molecule has 31 heavy (non-hydrogen) atoms. The van der Waals surface area contributed by atoms with Gasteiger partial charge in [0, 0.05) is 39.2 Å². The summed E-state index contributed by atoms with van der Waals surface area (Å²) in [6.45, 7) is 6.59. The molecular weight excluding hydrogens is 414 g/mol. The standard InChI is InChI=1S/C23H31N3O4S/c1-23(2,3)19-12-10-17(11-13-19)22(28)24-15-14-21(27)25-16-18-8-6-7-9-20(18)31(29,30)26(4)5/h6-13H,14-16H2,1-5H3,(H,24,28)(H,25,27). The Balaban J connectivity index is 1.87. The van der Waals surface area contributed by atoms with Crippen molar-refractivity contribution in [2.75, 3.05) is 20.6 Å². The van der Waals surface area contributed by atoms with Gasteiger partial charge in [-0.3, -0.25) is 9.59 Å².